The third kappa shape index (κ3) is 4.78. The van der Waals surface area contributed by atoms with Crippen molar-refractivity contribution < 1.29 is 13.2 Å². The summed E-state index contributed by atoms with van der Waals surface area (Å²) in [5, 5.41) is -0.211. The molecule has 1 fully saturated rings. The molecule has 1 saturated carbocycles. The lowest BCUT2D eigenvalue weighted by atomic mass is 9.67. The van der Waals surface area contributed by atoms with E-state index in [0.29, 0.717) is 11.5 Å². The van der Waals surface area contributed by atoms with Crippen molar-refractivity contribution in [2.75, 3.05) is 5.75 Å². The molecule has 0 heterocycles. The van der Waals surface area contributed by atoms with Crippen molar-refractivity contribution in [3.05, 3.63) is 0 Å². The molecule has 3 nitrogen and oxygen atoms in total. The lowest BCUT2D eigenvalue weighted by molar-refractivity contribution is -0.136. The van der Waals surface area contributed by atoms with Crippen molar-refractivity contribution in [2.24, 2.45) is 5.41 Å². The maximum Gasteiger partial charge on any atom is 0.152 e. The quantitative estimate of drug-likeness (QED) is 0.782. The predicted molar refractivity (Wildman–Crippen MR) is 71.9 cm³/mol. The van der Waals surface area contributed by atoms with Crippen LogP contribution in [0.4, 0.5) is 0 Å². The number of hydrogen-bond donors (Lipinski definition) is 0. The van der Waals surface area contributed by atoms with Crippen molar-refractivity contribution in [3.8, 4) is 0 Å². The maximum absolute atomic E-state index is 10.9. The molecule has 0 saturated heterocycles. The van der Waals surface area contributed by atoms with Crippen LogP contribution in [-0.4, -0.2) is 25.2 Å². The molecule has 0 aromatic rings. The van der Waals surface area contributed by atoms with Crippen LogP contribution >= 0.6 is 0 Å². The number of sulfone groups is 1. The molecule has 0 unspecified atom stereocenters. The van der Waals surface area contributed by atoms with Gasteiger partial charge in [0.05, 0.1) is 11.0 Å². The van der Waals surface area contributed by atoms with E-state index in [1.54, 1.807) is 13.8 Å². The van der Waals surface area contributed by atoms with Crippen molar-refractivity contribution in [2.45, 2.75) is 65.6 Å². The highest BCUT2D eigenvalue weighted by molar-refractivity contribution is 7.91. The van der Waals surface area contributed by atoms with E-state index in [1.807, 2.05) is 6.92 Å². The number of carbonyl (C=O) groups is 1. The first-order valence-electron chi connectivity index (χ1n) is 6.44. The van der Waals surface area contributed by atoms with E-state index >= 15 is 0 Å². The van der Waals surface area contributed by atoms with E-state index in [1.165, 1.54) is 0 Å². The highest BCUT2D eigenvalue weighted by Gasteiger charge is 2.39. The monoisotopic (exact) mass is 262 g/mol. The van der Waals surface area contributed by atoms with Gasteiger partial charge in [0.2, 0.25) is 0 Å². The van der Waals surface area contributed by atoms with Gasteiger partial charge in [-0.25, -0.2) is 8.42 Å². The van der Waals surface area contributed by atoms with E-state index in [2.05, 4.69) is 13.8 Å². The second kappa shape index (κ2) is 6.53. The first kappa shape index (κ1) is 16.6. The molecule has 0 bridgehead atoms. The Morgan fingerprint density at radius 1 is 1.29 bits per heavy atom. The van der Waals surface area contributed by atoms with E-state index in [9.17, 15) is 13.2 Å². The molecule has 17 heavy (non-hydrogen) atoms. The van der Waals surface area contributed by atoms with Crippen LogP contribution in [0.15, 0.2) is 0 Å². The second-order valence-corrected chi connectivity index (χ2v) is 7.93. The third-order valence-corrected chi connectivity index (χ3v) is 5.98. The zero-order valence-electron chi connectivity index (χ0n) is 11.7. The fraction of sp³-hybridized carbons (Fsp3) is 0.923. The summed E-state index contributed by atoms with van der Waals surface area (Å²) in [5.41, 5.74) is 0.0833. The zero-order valence-corrected chi connectivity index (χ0v) is 12.6. The lowest BCUT2D eigenvalue weighted by Gasteiger charge is -2.35. The Morgan fingerprint density at radius 2 is 1.82 bits per heavy atom. The Morgan fingerprint density at radius 3 is 1.88 bits per heavy atom. The van der Waals surface area contributed by atoms with Gasteiger partial charge < -0.3 is 0 Å². The largest absolute Gasteiger partial charge is 0.299 e. The minimum Gasteiger partial charge on any atom is -0.299 e. The Labute approximate surface area is 106 Å². The second-order valence-electron chi connectivity index (χ2n) is 5.25. The minimum atomic E-state index is -2.75. The van der Waals surface area contributed by atoms with Crippen LogP contribution in [0.1, 0.15) is 60.3 Å². The minimum absolute atomic E-state index is 0.0833. The van der Waals surface area contributed by atoms with E-state index in [-0.39, 0.29) is 10.7 Å². The molecular weight excluding hydrogens is 236 g/mol. The summed E-state index contributed by atoms with van der Waals surface area (Å²) in [6, 6.07) is 0. The smallest absolute Gasteiger partial charge is 0.152 e. The van der Waals surface area contributed by atoms with Gasteiger partial charge in [-0.1, -0.05) is 20.8 Å². The molecule has 1 aliphatic carbocycles. The van der Waals surface area contributed by atoms with Crippen LogP contribution in [-0.2, 0) is 14.6 Å². The highest BCUT2D eigenvalue weighted by atomic mass is 32.2. The van der Waals surface area contributed by atoms with Gasteiger partial charge in [-0.05, 0) is 33.1 Å². The molecule has 0 aliphatic heterocycles. The van der Waals surface area contributed by atoms with Gasteiger partial charge in [-0.2, -0.15) is 0 Å². The Balaban J connectivity index is 0.000000302. The zero-order chi connectivity index (χ0) is 13.7. The van der Waals surface area contributed by atoms with Crippen LogP contribution < -0.4 is 0 Å². The summed E-state index contributed by atoms with van der Waals surface area (Å²) in [5.74, 6) is 0.782. The third-order valence-electron chi connectivity index (χ3n) is 3.56. The SMILES string of the molecule is CCCS(=O)(=O)C(C)C.CC[C@@]1(C)CCC1=O. The Hall–Kier alpha value is -0.380. The van der Waals surface area contributed by atoms with Gasteiger partial charge in [0, 0.05) is 11.8 Å². The molecule has 0 spiro atoms. The van der Waals surface area contributed by atoms with Gasteiger partial charge in [0.15, 0.2) is 9.84 Å². The molecular formula is C13H26O3S. The molecule has 1 rings (SSSR count). The van der Waals surface area contributed by atoms with Crippen LogP contribution in [0.25, 0.3) is 0 Å². The highest BCUT2D eigenvalue weighted by Crippen LogP contribution is 2.39. The molecule has 4 heteroatoms. The molecule has 0 amide bonds. The number of Topliss-reactive ketones (excluding diaryl/α,β-unsaturated/α-hetero) is 1. The van der Waals surface area contributed by atoms with Crippen molar-refractivity contribution in [3.63, 3.8) is 0 Å². The number of ketones is 1. The standard InChI is InChI=1S/C7H12O.C6H14O2S/c1-3-7(2)5-4-6(7)8;1-4-5-9(7,8)6(2)3/h3-5H2,1-2H3;6H,4-5H2,1-3H3/t7-;/m0./s1. The number of hydrogen-bond acceptors (Lipinski definition) is 3. The summed E-state index contributed by atoms with van der Waals surface area (Å²) >= 11 is 0. The normalized spacial score (nSPS) is 24.0. The van der Waals surface area contributed by atoms with Gasteiger partial charge in [0.1, 0.15) is 5.78 Å². The molecule has 0 radical (unpaired) electrons. The Kier molecular flexibility index (Phi) is 6.38. The first-order valence-corrected chi connectivity index (χ1v) is 8.16. The van der Waals surface area contributed by atoms with Gasteiger partial charge >= 0.3 is 0 Å². The average Bonchev–Trinajstić information content (AvgIpc) is 2.26. The van der Waals surface area contributed by atoms with E-state index in [0.717, 1.165) is 25.7 Å². The van der Waals surface area contributed by atoms with Gasteiger partial charge in [-0.3, -0.25) is 4.79 Å². The van der Waals surface area contributed by atoms with Crippen molar-refractivity contribution >= 4 is 15.6 Å². The average molecular weight is 262 g/mol. The summed E-state index contributed by atoms with van der Waals surface area (Å²) in [7, 11) is -2.75. The van der Waals surface area contributed by atoms with Crippen LogP contribution in [0.5, 0.6) is 0 Å². The number of rotatable bonds is 4. The van der Waals surface area contributed by atoms with Crippen LogP contribution in [0.3, 0.4) is 0 Å². The van der Waals surface area contributed by atoms with E-state index in [4.69, 9.17) is 0 Å². The molecule has 1 aliphatic rings. The van der Waals surface area contributed by atoms with E-state index < -0.39 is 9.84 Å². The molecule has 0 aromatic heterocycles. The maximum atomic E-state index is 10.9. The van der Waals surface area contributed by atoms with Gasteiger partial charge in [0.25, 0.3) is 0 Å². The first-order chi connectivity index (χ1) is 7.69. The summed E-state index contributed by atoms with van der Waals surface area (Å²) < 4.78 is 21.9. The molecule has 1 atom stereocenters. The summed E-state index contributed by atoms with van der Waals surface area (Å²) in [6.07, 6.45) is 3.68. The summed E-state index contributed by atoms with van der Waals surface area (Å²) in [4.78, 5) is 10.8. The molecule has 0 aromatic carbocycles. The summed E-state index contributed by atoms with van der Waals surface area (Å²) in [6.45, 7) is 9.44. The fourth-order valence-electron chi connectivity index (χ4n) is 1.55. The van der Waals surface area contributed by atoms with Crippen molar-refractivity contribution in [1.82, 2.24) is 0 Å². The number of carbonyl (C=O) groups excluding carboxylic acids is 1. The predicted octanol–water partition coefficient (Wildman–Crippen LogP) is 2.99. The molecule has 102 valence electrons. The van der Waals surface area contributed by atoms with Crippen LogP contribution in [0.2, 0.25) is 0 Å². The fourth-order valence-corrected chi connectivity index (χ4v) is 2.59. The topological polar surface area (TPSA) is 51.2 Å². The van der Waals surface area contributed by atoms with Crippen LogP contribution in [0, 0.1) is 5.41 Å². The molecule has 0 N–H and O–H groups in total. The van der Waals surface area contributed by atoms with Crippen molar-refractivity contribution in [1.29, 1.82) is 0 Å². The lowest BCUT2D eigenvalue weighted by Crippen LogP contribution is -2.36. The van der Waals surface area contributed by atoms with Gasteiger partial charge in [-0.15, -0.1) is 0 Å². The Bertz CT molecular complexity index is 340.